The molecule has 1 saturated carbocycles. The first-order valence-electron chi connectivity index (χ1n) is 7.18. The number of nitrogens with one attached hydrogen (secondary N) is 1. The van der Waals surface area contributed by atoms with Crippen LogP contribution in [0.2, 0.25) is 0 Å². The zero-order valence-electron chi connectivity index (χ0n) is 11.5. The molecule has 1 aliphatic rings. The minimum atomic E-state index is -0.231. The molecule has 109 valence electrons. The highest BCUT2D eigenvalue weighted by Gasteiger charge is 2.28. The Morgan fingerprint density at radius 1 is 1.45 bits per heavy atom. The molecular weight excluding hydrogens is 257 g/mol. The van der Waals surface area contributed by atoms with Gasteiger partial charge in [-0.1, -0.05) is 12.1 Å². The molecule has 4 heteroatoms. The van der Waals surface area contributed by atoms with Gasteiger partial charge in [0.05, 0.1) is 0 Å². The zero-order valence-corrected chi connectivity index (χ0v) is 11.5. The molecule has 2 N–H and O–H groups in total. The van der Waals surface area contributed by atoms with Crippen LogP contribution in [0.1, 0.15) is 37.2 Å². The summed E-state index contributed by atoms with van der Waals surface area (Å²) in [6.45, 7) is 0.602. The van der Waals surface area contributed by atoms with Crippen molar-refractivity contribution in [2.45, 2.75) is 31.6 Å². The second-order valence-corrected chi connectivity index (χ2v) is 5.28. The van der Waals surface area contributed by atoms with Crippen LogP contribution in [0, 0.1) is 18.2 Å². The summed E-state index contributed by atoms with van der Waals surface area (Å²) in [5.41, 5.74) is 0.942. The average Bonchev–Trinajstić information content (AvgIpc) is 2.47. The van der Waals surface area contributed by atoms with Crippen molar-refractivity contribution >= 4 is 5.91 Å². The van der Waals surface area contributed by atoms with Crippen LogP contribution in [-0.2, 0) is 4.79 Å². The second kappa shape index (κ2) is 7.39. The number of aliphatic hydroxyl groups excluding tert-OH is 1. The van der Waals surface area contributed by atoms with Gasteiger partial charge in [0.25, 0.3) is 0 Å². The molecule has 1 fully saturated rings. The van der Waals surface area contributed by atoms with E-state index in [-0.39, 0.29) is 30.2 Å². The van der Waals surface area contributed by atoms with E-state index in [1.165, 1.54) is 6.07 Å². The first-order chi connectivity index (χ1) is 9.70. The molecule has 1 radical (unpaired) electrons. The fourth-order valence-corrected chi connectivity index (χ4v) is 2.70. The molecule has 0 spiro atoms. The lowest BCUT2D eigenvalue weighted by Crippen LogP contribution is -2.34. The highest BCUT2D eigenvalue weighted by atomic mass is 19.1. The van der Waals surface area contributed by atoms with Gasteiger partial charge in [0, 0.05) is 19.1 Å². The van der Waals surface area contributed by atoms with Crippen molar-refractivity contribution in [1.82, 2.24) is 5.32 Å². The first kappa shape index (κ1) is 15.0. The van der Waals surface area contributed by atoms with Crippen molar-refractivity contribution in [3.63, 3.8) is 0 Å². The Balaban J connectivity index is 1.93. The Hall–Kier alpha value is -1.42. The fourth-order valence-electron chi connectivity index (χ4n) is 2.70. The molecule has 0 bridgehead atoms. The summed E-state index contributed by atoms with van der Waals surface area (Å²) < 4.78 is 13.3. The number of amides is 1. The van der Waals surface area contributed by atoms with Crippen LogP contribution in [0.15, 0.2) is 24.3 Å². The standard InChI is InChI=1S/C16H21FNO2/c17-15-7-2-5-13(11-15)12-4-1-6-14(10-12)16(20)18-8-3-9-19/h2,4-5,7,11-12,14,19H,1,3,6,8-10H2,(H,18,20). The van der Waals surface area contributed by atoms with Crippen molar-refractivity contribution in [2.75, 3.05) is 13.2 Å². The van der Waals surface area contributed by atoms with Gasteiger partial charge in [-0.25, -0.2) is 4.39 Å². The summed E-state index contributed by atoms with van der Waals surface area (Å²) in [6, 6.07) is 6.61. The maximum atomic E-state index is 13.3. The highest BCUT2D eigenvalue weighted by Crippen LogP contribution is 2.35. The van der Waals surface area contributed by atoms with Crippen molar-refractivity contribution in [1.29, 1.82) is 0 Å². The third kappa shape index (κ3) is 4.04. The number of hydrogen-bond donors (Lipinski definition) is 2. The molecule has 2 rings (SSSR count). The van der Waals surface area contributed by atoms with E-state index in [1.807, 2.05) is 6.07 Å². The van der Waals surface area contributed by atoms with Crippen LogP contribution >= 0.6 is 0 Å². The number of halogens is 1. The van der Waals surface area contributed by atoms with E-state index in [9.17, 15) is 9.18 Å². The Morgan fingerprint density at radius 2 is 2.30 bits per heavy atom. The van der Waals surface area contributed by atoms with Gasteiger partial charge in [-0.05, 0) is 55.7 Å². The van der Waals surface area contributed by atoms with Gasteiger partial charge >= 0.3 is 0 Å². The molecule has 1 amide bonds. The van der Waals surface area contributed by atoms with Gasteiger partial charge in [-0.3, -0.25) is 4.79 Å². The van der Waals surface area contributed by atoms with E-state index in [0.717, 1.165) is 24.8 Å². The molecule has 2 atom stereocenters. The fraction of sp³-hybridized carbons (Fsp3) is 0.500. The maximum Gasteiger partial charge on any atom is 0.223 e. The average molecular weight is 278 g/mol. The molecule has 0 saturated heterocycles. The SMILES string of the molecule is O=C(NCCCO)C1CC[CH]C(c2cccc(F)c2)C1. The monoisotopic (exact) mass is 278 g/mol. The number of aliphatic hydroxyl groups is 1. The Morgan fingerprint density at radius 3 is 3.05 bits per heavy atom. The maximum absolute atomic E-state index is 13.3. The van der Waals surface area contributed by atoms with Gasteiger partial charge in [0.1, 0.15) is 5.82 Å². The minimum Gasteiger partial charge on any atom is -0.396 e. The molecule has 3 nitrogen and oxygen atoms in total. The van der Waals surface area contributed by atoms with E-state index in [0.29, 0.717) is 13.0 Å². The summed E-state index contributed by atoms with van der Waals surface area (Å²) in [4.78, 5) is 12.0. The van der Waals surface area contributed by atoms with Gasteiger partial charge < -0.3 is 10.4 Å². The quantitative estimate of drug-likeness (QED) is 0.813. The van der Waals surface area contributed by atoms with E-state index in [4.69, 9.17) is 5.11 Å². The van der Waals surface area contributed by atoms with Crippen LogP contribution in [0.25, 0.3) is 0 Å². The first-order valence-corrected chi connectivity index (χ1v) is 7.18. The lowest BCUT2D eigenvalue weighted by molar-refractivity contribution is -0.125. The van der Waals surface area contributed by atoms with Crippen LogP contribution in [0.3, 0.4) is 0 Å². The van der Waals surface area contributed by atoms with Crippen molar-refractivity contribution in [3.05, 3.63) is 42.1 Å². The molecule has 0 aliphatic heterocycles. The molecule has 1 aromatic carbocycles. The van der Waals surface area contributed by atoms with E-state index < -0.39 is 0 Å². The third-order valence-electron chi connectivity index (χ3n) is 3.79. The van der Waals surface area contributed by atoms with Gasteiger partial charge in [-0.15, -0.1) is 0 Å². The van der Waals surface area contributed by atoms with Crippen LogP contribution in [0.4, 0.5) is 4.39 Å². The minimum absolute atomic E-state index is 0.0213. The number of carbonyl (C=O) groups excluding carboxylic acids is 1. The summed E-state index contributed by atoms with van der Waals surface area (Å²) in [7, 11) is 0. The van der Waals surface area contributed by atoms with E-state index >= 15 is 0 Å². The highest BCUT2D eigenvalue weighted by molar-refractivity contribution is 5.78. The zero-order chi connectivity index (χ0) is 14.4. The number of hydrogen-bond acceptors (Lipinski definition) is 2. The van der Waals surface area contributed by atoms with Crippen molar-refractivity contribution in [3.8, 4) is 0 Å². The smallest absolute Gasteiger partial charge is 0.223 e. The topological polar surface area (TPSA) is 49.3 Å². The number of benzene rings is 1. The molecular formula is C16H21FNO2. The van der Waals surface area contributed by atoms with Crippen LogP contribution < -0.4 is 5.32 Å². The summed E-state index contributed by atoms with van der Waals surface area (Å²) in [5, 5.41) is 11.6. The number of rotatable bonds is 5. The largest absolute Gasteiger partial charge is 0.396 e. The summed E-state index contributed by atoms with van der Waals surface area (Å²) >= 11 is 0. The second-order valence-electron chi connectivity index (χ2n) is 5.28. The number of carbonyl (C=O) groups is 1. The molecule has 2 unspecified atom stereocenters. The van der Waals surface area contributed by atoms with Gasteiger partial charge in [-0.2, -0.15) is 0 Å². The Bertz CT molecular complexity index is 450. The van der Waals surface area contributed by atoms with E-state index in [1.54, 1.807) is 12.1 Å². The summed E-state index contributed by atoms with van der Waals surface area (Å²) in [5.74, 6) is -0.0571. The summed E-state index contributed by atoms with van der Waals surface area (Å²) in [6.07, 6.45) is 5.20. The van der Waals surface area contributed by atoms with Gasteiger partial charge in [0.2, 0.25) is 5.91 Å². The van der Waals surface area contributed by atoms with Crippen molar-refractivity contribution in [2.24, 2.45) is 5.92 Å². The molecule has 1 aromatic rings. The Labute approximate surface area is 119 Å². The predicted octanol–water partition coefficient (Wildman–Crippen LogP) is 2.41. The molecule has 1 aliphatic carbocycles. The molecule has 0 heterocycles. The van der Waals surface area contributed by atoms with Gasteiger partial charge in [0.15, 0.2) is 0 Å². The molecule has 20 heavy (non-hydrogen) atoms. The normalized spacial score (nSPS) is 22.5. The lowest BCUT2D eigenvalue weighted by atomic mass is 9.77. The van der Waals surface area contributed by atoms with Crippen LogP contribution in [0.5, 0.6) is 0 Å². The third-order valence-corrected chi connectivity index (χ3v) is 3.79. The lowest BCUT2D eigenvalue weighted by Gasteiger charge is -2.28. The van der Waals surface area contributed by atoms with E-state index in [2.05, 4.69) is 11.7 Å². The predicted molar refractivity (Wildman–Crippen MR) is 75.5 cm³/mol. The Kier molecular flexibility index (Phi) is 5.53. The van der Waals surface area contributed by atoms with Crippen molar-refractivity contribution < 1.29 is 14.3 Å². The van der Waals surface area contributed by atoms with Crippen LogP contribution in [-0.4, -0.2) is 24.2 Å². The molecule has 0 aromatic heterocycles.